The zero-order chi connectivity index (χ0) is 22.9. The number of aliphatic carboxylic acids is 1. The Morgan fingerprint density at radius 3 is 1.74 bits per heavy atom. The number of esters is 2. The first-order valence-electron chi connectivity index (χ1n) is 8.18. The first kappa shape index (κ1) is 35.6. The Morgan fingerprint density at radius 1 is 1.00 bits per heavy atom. The first-order valence-corrected chi connectivity index (χ1v) is 10.2. The lowest BCUT2D eigenvalue weighted by Gasteiger charge is -2.01. The minimum absolute atomic E-state index is 0. The van der Waals surface area contributed by atoms with Crippen molar-refractivity contribution in [2.45, 2.75) is 45.9 Å². The van der Waals surface area contributed by atoms with Gasteiger partial charge in [-0.15, -0.1) is 0 Å². The van der Waals surface area contributed by atoms with Gasteiger partial charge in [0.25, 0.3) is 0 Å². The number of carboxylic acid groups (broad SMARTS) is 1. The van der Waals surface area contributed by atoms with Crippen LogP contribution in [0.2, 0.25) is 0 Å². The third-order valence-electron chi connectivity index (χ3n) is 2.67. The molecular weight excluding hydrogens is 448 g/mol. The summed E-state index contributed by atoms with van der Waals surface area (Å²) in [7, 11) is -3.44. The van der Waals surface area contributed by atoms with Crippen LogP contribution >= 0.6 is 11.6 Å². The Hall–Kier alpha value is -2.78. The molecule has 0 atom stereocenters. The van der Waals surface area contributed by atoms with Crippen LogP contribution in [-0.4, -0.2) is 42.4 Å². The number of halogens is 1. The molecule has 0 bridgehead atoms. The van der Waals surface area contributed by atoms with Gasteiger partial charge in [-0.3, -0.25) is 9.59 Å². The average molecular weight is 479 g/mol. The fourth-order valence-corrected chi connectivity index (χ4v) is 2.79. The zero-order valence-corrected chi connectivity index (χ0v) is 17.4. The molecule has 0 saturated heterocycles. The Labute approximate surface area is 189 Å². The second-order valence-electron chi connectivity index (χ2n) is 5.03. The predicted octanol–water partition coefficient (Wildman–Crippen LogP) is 4.19. The van der Waals surface area contributed by atoms with Gasteiger partial charge in [0, 0.05) is 18.6 Å². The van der Waals surface area contributed by atoms with Gasteiger partial charge in [0.1, 0.15) is 0 Å². The van der Waals surface area contributed by atoms with Crippen molar-refractivity contribution >= 4 is 44.6 Å². The molecule has 0 aromatic heterocycles. The number of hydrogen-bond acceptors (Lipinski definition) is 7. The van der Waals surface area contributed by atoms with Crippen LogP contribution in [0.5, 0.6) is 0 Å². The van der Waals surface area contributed by atoms with Gasteiger partial charge in [-0.25, -0.2) is 18.0 Å². The molecule has 0 amide bonds. The monoisotopic (exact) mass is 478 g/mol. The van der Waals surface area contributed by atoms with Crippen molar-refractivity contribution in [3.05, 3.63) is 55.6 Å². The second kappa shape index (κ2) is 20.5. The van der Waals surface area contributed by atoms with Crippen molar-refractivity contribution in [1.82, 2.24) is 0 Å². The molecule has 1 aromatic carbocycles. The molecular formula is C21H31ClO8S. The van der Waals surface area contributed by atoms with Gasteiger partial charge < -0.3 is 9.84 Å². The lowest BCUT2D eigenvalue weighted by molar-refractivity contribution is -0.152. The van der Waals surface area contributed by atoms with Crippen molar-refractivity contribution in [2.75, 3.05) is 5.75 Å². The van der Waals surface area contributed by atoms with E-state index in [4.69, 9.17) is 16.7 Å². The fourth-order valence-electron chi connectivity index (χ4n) is 1.35. The molecule has 176 valence electrons. The van der Waals surface area contributed by atoms with Crippen molar-refractivity contribution in [3.8, 4) is 0 Å². The highest BCUT2D eigenvalue weighted by molar-refractivity contribution is 7.91. The number of ether oxygens (including phenoxy) is 1. The Bertz CT molecular complexity index is 784. The fraction of sp³-hybridized carbons (Fsp3) is 0.333. The number of rotatable bonds is 8. The molecule has 1 aromatic rings. The van der Waals surface area contributed by atoms with E-state index in [1.54, 1.807) is 18.2 Å². The maximum Gasteiger partial charge on any atom is 0.338 e. The van der Waals surface area contributed by atoms with E-state index in [0.717, 1.165) is 18.6 Å². The van der Waals surface area contributed by atoms with Gasteiger partial charge >= 0.3 is 17.9 Å². The average Bonchev–Trinajstić information content (AvgIpc) is 2.68. The van der Waals surface area contributed by atoms with Gasteiger partial charge in [-0.05, 0) is 30.2 Å². The summed E-state index contributed by atoms with van der Waals surface area (Å²) in [4.78, 5) is 40.5. The summed E-state index contributed by atoms with van der Waals surface area (Å²) in [6.45, 7) is 8.09. The lowest BCUT2D eigenvalue weighted by Crippen LogP contribution is -2.10. The first-order chi connectivity index (χ1) is 13.5. The van der Waals surface area contributed by atoms with Crippen molar-refractivity contribution < 1.29 is 37.4 Å². The summed E-state index contributed by atoms with van der Waals surface area (Å²) in [6, 6.07) is 7.83. The van der Waals surface area contributed by atoms with E-state index in [2.05, 4.69) is 17.9 Å². The Kier molecular flexibility index (Phi) is 23.6. The summed E-state index contributed by atoms with van der Waals surface area (Å²) >= 11 is 4.94. The van der Waals surface area contributed by atoms with Crippen LogP contribution in [0.3, 0.4) is 0 Å². The van der Waals surface area contributed by atoms with Gasteiger partial charge in [-0.1, -0.05) is 53.1 Å². The van der Waals surface area contributed by atoms with E-state index in [-0.39, 0.29) is 37.2 Å². The Balaban J connectivity index is -0.000000187. The van der Waals surface area contributed by atoms with Gasteiger partial charge in [0.15, 0.2) is 9.84 Å². The second-order valence-corrected chi connectivity index (χ2v) is 7.56. The molecule has 0 spiro atoms. The van der Waals surface area contributed by atoms with Gasteiger partial charge in [-0.2, -0.15) is 0 Å². The maximum absolute atomic E-state index is 11.5. The molecule has 10 heteroatoms. The van der Waals surface area contributed by atoms with Crippen LogP contribution < -0.4 is 0 Å². The van der Waals surface area contributed by atoms with Crippen LogP contribution in [0.25, 0.3) is 0 Å². The summed E-state index contributed by atoms with van der Waals surface area (Å²) in [5.41, 5.74) is 0. The van der Waals surface area contributed by atoms with Crippen LogP contribution in [0.1, 0.15) is 41.0 Å². The molecule has 0 heterocycles. The molecule has 0 aliphatic carbocycles. The molecule has 0 aliphatic heterocycles. The molecule has 1 rings (SSSR count). The van der Waals surface area contributed by atoms with Crippen molar-refractivity contribution in [1.29, 1.82) is 0 Å². The molecule has 1 N–H and O–H groups in total. The Morgan fingerprint density at radius 2 is 1.45 bits per heavy atom. The van der Waals surface area contributed by atoms with E-state index >= 15 is 0 Å². The van der Waals surface area contributed by atoms with E-state index < -0.39 is 27.7 Å². The third kappa shape index (κ3) is 21.7. The number of carbonyl (C=O) groups is 4. The topological polar surface area (TPSA) is 132 Å². The van der Waals surface area contributed by atoms with Crippen LogP contribution in [-0.2, 0) is 33.8 Å². The summed E-state index contributed by atoms with van der Waals surface area (Å²) in [5.74, 6) is -2.99. The SMILES string of the molecule is C.C.C=CC(=O)OC(=O)C=C.CCCC(=O)Cl.O=C(O)CCS(=O)(=O)c1ccccc1. The molecule has 0 saturated carbocycles. The largest absolute Gasteiger partial charge is 0.481 e. The number of benzene rings is 1. The number of carboxylic acids is 1. The highest BCUT2D eigenvalue weighted by Gasteiger charge is 2.15. The quantitative estimate of drug-likeness (QED) is 0.254. The van der Waals surface area contributed by atoms with E-state index in [1.807, 2.05) is 6.92 Å². The third-order valence-corrected chi connectivity index (χ3v) is 4.59. The summed E-state index contributed by atoms with van der Waals surface area (Å²) < 4.78 is 27.0. The van der Waals surface area contributed by atoms with Crippen LogP contribution in [0.15, 0.2) is 60.5 Å². The van der Waals surface area contributed by atoms with Crippen molar-refractivity contribution in [3.63, 3.8) is 0 Å². The van der Waals surface area contributed by atoms with Crippen molar-refractivity contribution in [2.24, 2.45) is 0 Å². The highest BCUT2D eigenvalue weighted by Crippen LogP contribution is 2.10. The number of carbonyl (C=O) groups excluding carboxylic acids is 3. The van der Waals surface area contributed by atoms with E-state index in [1.165, 1.54) is 12.1 Å². The van der Waals surface area contributed by atoms with Gasteiger partial charge in [0.2, 0.25) is 5.24 Å². The standard InChI is InChI=1S/C9H10O4S.C6H6O3.C4H7ClO.2CH4/c10-9(11)6-7-14(12,13)8-4-2-1-3-5-8;1-3-5(7)9-6(8)4-2;1-2-3-4(5)6;;/h1-5H,6-7H2,(H,10,11);3-4H,1-2H2;2-3H2,1H3;2*1H4. The summed E-state index contributed by atoms with van der Waals surface area (Å²) in [5, 5.41) is 8.12. The highest BCUT2D eigenvalue weighted by atomic mass is 35.5. The molecule has 8 nitrogen and oxygen atoms in total. The molecule has 31 heavy (non-hydrogen) atoms. The predicted molar refractivity (Wildman–Crippen MR) is 121 cm³/mol. The minimum atomic E-state index is -3.44. The van der Waals surface area contributed by atoms with E-state index in [0.29, 0.717) is 6.42 Å². The maximum atomic E-state index is 11.5. The smallest absolute Gasteiger partial charge is 0.338 e. The minimum Gasteiger partial charge on any atom is -0.481 e. The van der Waals surface area contributed by atoms with Crippen LogP contribution in [0.4, 0.5) is 0 Å². The molecule has 0 radical (unpaired) electrons. The molecule has 0 fully saturated rings. The number of hydrogen-bond donors (Lipinski definition) is 1. The zero-order valence-electron chi connectivity index (χ0n) is 15.9. The molecule has 0 aliphatic rings. The lowest BCUT2D eigenvalue weighted by atomic mass is 10.4. The summed E-state index contributed by atoms with van der Waals surface area (Å²) in [6.07, 6.45) is 2.80. The van der Waals surface area contributed by atoms with Gasteiger partial charge in [0.05, 0.1) is 17.1 Å². The normalized spacial score (nSPS) is 8.84. The number of sulfone groups is 1. The molecule has 0 unspecified atom stereocenters. The van der Waals surface area contributed by atoms with Crippen LogP contribution in [0, 0.1) is 0 Å². The van der Waals surface area contributed by atoms with E-state index in [9.17, 15) is 27.6 Å².